The van der Waals surface area contributed by atoms with Gasteiger partial charge in [-0.2, -0.15) is 13.2 Å². The zero-order chi connectivity index (χ0) is 20.8. The van der Waals surface area contributed by atoms with Crippen molar-refractivity contribution in [3.05, 3.63) is 17.3 Å². The van der Waals surface area contributed by atoms with Crippen LogP contribution in [-0.2, 0) is 11.2 Å². The van der Waals surface area contributed by atoms with Crippen molar-refractivity contribution in [2.24, 2.45) is 0 Å². The van der Waals surface area contributed by atoms with Gasteiger partial charge in [-0.1, -0.05) is 0 Å². The van der Waals surface area contributed by atoms with Crippen molar-refractivity contribution in [1.82, 2.24) is 20.2 Å². The van der Waals surface area contributed by atoms with Gasteiger partial charge >= 0.3 is 6.18 Å². The number of alkyl halides is 5. The van der Waals surface area contributed by atoms with Crippen LogP contribution in [0.1, 0.15) is 11.3 Å². The zero-order valence-corrected chi connectivity index (χ0v) is 16.0. The number of halogens is 5. The molecule has 4 rings (SSSR count). The van der Waals surface area contributed by atoms with Gasteiger partial charge in [0, 0.05) is 37.5 Å². The number of hydrogen-bond acceptors (Lipinski definition) is 6. The number of amides is 1. The van der Waals surface area contributed by atoms with E-state index in [4.69, 9.17) is 0 Å². The molecule has 2 saturated heterocycles. The number of aromatic nitrogens is 2. The molecule has 0 radical (unpaired) electrons. The van der Waals surface area contributed by atoms with Gasteiger partial charge in [0.05, 0.1) is 24.4 Å². The van der Waals surface area contributed by atoms with E-state index < -0.39 is 37.5 Å². The van der Waals surface area contributed by atoms with Crippen LogP contribution in [0.15, 0.2) is 12.4 Å². The Kier molecular flexibility index (Phi) is 5.09. The van der Waals surface area contributed by atoms with E-state index in [2.05, 4.69) is 15.3 Å². The van der Waals surface area contributed by atoms with Crippen LogP contribution >= 0.6 is 11.3 Å². The Morgan fingerprint density at radius 2 is 1.97 bits per heavy atom. The van der Waals surface area contributed by atoms with Crippen LogP contribution in [-0.4, -0.2) is 71.6 Å². The Morgan fingerprint density at radius 1 is 1.24 bits per heavy atom. The van der Waals surface area contributed by atoms with E-state index in [1.54, 1.807) is 0 Å². The molecule has 0 aliphatic carbocycles. The van der Waals surface area contributed by atoms with E-state index >= 15 is 0 Å². The fourth-order valence-corrected chi connectivity index (χ4v) is 4.70. The van der Waals surface area contributed by atoms with E-state index in [1.807, 2.05) is 4.90 Å². The largest absolute Gasteiger partial charge is 0.393 e. The molecular weight excluding hydrogens is 417 g/mol. The second kappa shape index (κ2) is 7.31. The number of piperazine rings is 1. The second-order valence-electron chi connectivity index (χ2n) is 7.23. The Bertz CT molecular complexity index is 909. The molecule has 0 bridgehead atoms. The molecule has 4 heterocycles. The Balaban J connectivity index is 1.44. The Morgan fingerprint density at radius 3 is 2.59 bits per heavy atom. The van der Waals surface area contributed by atoms with Gasteiger partial charge in [0.15, 0.2) is 0 Å². The highest BCUT2D eigenvalue weighted by atomic mass is 32.1. The third-order valence-electron chi connectivity index (χ3n) is 5.03. The topological polar surface area (TPSA) is 61.4 Å². The smallest absolute Gasteiger partial charge is 0.352 e. The second-order valence-corrected chi connectivity index (χ2v) is 8.34. The minimum atomic E-state index is -4.30. The van der Waals surface area contributed by atoms with Crippen LogP contribution in [0.2, 0.25) is 0 Å². The number of anilines is 1. The minimum Gasteiger partial charge on any atom is -0.352 e. The normalized spacial score (nSPS) is 22.4. The number of fused-ring (bicyclic) bond motifs is 1. The molecule has 0 aromatic carbocycles. The molecule has 0 unspecified atom stereocenters. The molecule has 12 heteroatoms. The number of thiophene rings is 1. The maximum atomic E-state index is 13.3. The summed E-state index contributed by atoms with van der Waals surface area (Å²) < 4.78 is 64.7. The van der Waals surface area contributed by atoms with Crippen molar-refractivity contribution in [3.63, 3.8) is 0 Å². The maximum Gasteiger partial charge on any atom is 0.393 e. The molecule has 1 N–H and O–H groups in total. The first kappa shape index (κ1) is 20.2. The Labute approximate surface area is 166 Å². The number of hydrogen-bond donors (Lipinski definition) is 1. The van der Waals surface area contributed by atoms with Crippen molar-refractivity contribution in [3.8, 4) is 0 Å². The first-order chi connectivity index (χ1) is 13.6. The number of nitrogens with one attached hydrogen (secondary N) is 1. The zero-order valence-electron chi connectivity index (χ0n) is 15.2. The fraction of sp³-hybridized carbons (Fsp3) is 0.588. The van der Waals surface area contributed by atoms with Crippen LogP contribution in [0.25, 0.3) is 10.2 Å². The number of carbonyl (C=O) groups excluding carboxylic acids is 1. The molecular formula is C17H18F5N5OS. The lowest BCUT2D eigenvalue weighted by Crippen LogP contribution is -2.53. The summed E-state index contributed by atoms with van der Waals surface area (Å²) in [7, 11) is 0. The van der Waals surface area contributed by atoms with E-state index in [-0.39, 0.29) is 10.8 Å². The van der Waals surface area contributed by atoms with Crippen LogP contribution in [0, 0.1) is 0 Å². The Hall–Kier alpha value is -2.08. The van der Waals surface area contributed by atoms with Gasteiger partial charge < -0.3 is 9.80 Å². The van der Waals surface area contributed by atoms with E-state index in [0.29, 0.717) is 42.2 Å². The predicted molar refractivity (Wildman–Crippen MR) is 97.3 cm³/mol. The van der Waals surface area contributed by atoms with E-state index in [0.717, 1.165) is 11.3 Å². The third kappa shape index (κ3) is 4.42. The summed E-state index contributed by atoms with van der Waals surface area (Å²) in [5.74, 6) is -2.70. The van der Waals surface area contributed by atoms with Crippen molar-refractivity contribution in [2.45, 2.75) is 31.0 Å². The van der Waals surface area contributed by atoms with Crippen molar-refractivity contribution in [2.75, 3.05) is 37.6 Å². The van der Waals surface area contributed by atoms with Gasteiger partial charge in [-0.05, 0) is 6.07 Å². The van der Waals surface area contributed by atoms with Gasteiger partial charge in [-0.15, -0.1) is 11.3 Å². The third-order valence-corrected chi connectivity index (χ3v) is 6.08. The van der Waals surface area contributed by atoms with Crippen LogP contribution in [0.3, 0.4) is 0 Å². The highest BCUT2D eigenvalue weighted by Crippen LogP contribution is 2.34. The molecule has 2 aromatic heterocycles. The summed E-state index contributed by atoms with van der Waals surface area (Å²) in [4.78, 5) is 24.8. The molecule has 29 heavy (non-hydrogen) atoms. The molecule has 1 atom stereocenters. The summed E-state index contributed by atoms with van der Waals surface area (Å²) in [6.07, 6.45) is -4.51. The molecule has 158 valence electrons. The molecule has 2 aliphatic heterocycles. The molecule has 2 fully saturated rings. The number of nitrogens with zero attached hydrogens (tertiary/aromatic N) is 4. The van der Waals surface area contributed by atoms with Crippen molar-refractivity contribution >= 4 is 33.3 Å². The number of rotatable bonds is 3. The highest BCUT2D eigenvalue weighted by Gasteiger charge is 2.43. The first-order valence-corrected chi connectivity index (χ1v) is 9.88. The van der Waals surface area contributed by atoms with Crippen molar-refractivity contribution < 1.29 is 26.7 Å². The summed E-state index contributed by atoms with van der Waals surface area (Å²) >= 11 is 0.983. The van der Waals surface area contributed by atoms with Gasteiger partial charge in [0.2, 0.25) is 5.91 Å². The first-order valence-electron chi connectivity index (χ1n) is 9.06. The van der Waals surface area contributed by atoms with Crippen molar-refractivity contribution in [1.29, 1.82) is 0 Å². The SMILES string of the molecule is O=C([C@@H]1CC(F)(F)CN1)N1CCN(c2ncnc3sc(CC(F)(F)F)cc23)CC1. The van der Waals surface area contributed by atoms with E-state index in [9.17, 15) is 26.7 Å². The van der Waals surface area contributed by atoms with E-state index in [1.165, 1.54) is 17.3 Å². The monoisotopic (exact) mass is 435 g/mol. The summed E-state index contributed by atoms with van der Waals surface area (Å²) in [6, 6.07) is 0.578. The maximum absolute atomic E-state index is 13.3. The van der Waals surface area contributed by atoms with Crippen LogP contribution < -0.4 is 10.2 Å². The highest BCUT2D eigenvalue weighted by molar-refractivity contribution is 7.18. The summed E-state index contributed by atoms with van der Waals surface area (Å²) in [6.45, 7) is 0.971. The van der Waals surface area contributed by atoms with Crippen LogP contribution in [0.5, 0.6) is 0 Å². The lowest BCUT2D eigenvalue weighted by Gasteiger charge is -2.36. The fourth-order valence-electron chi connectivity index (χ4n) is 3.68. The summed E-state index contributed by atoms with van der Waals surface area (Å²) in [5.41, 5.74) is 0. The lowest BCUT2D eigenvalue weighted by molar-refractivity contribution is -0.134. The van der Waals surface area contributed by atoms with Crippen LogP contribution in [0.4, 0.5) is 27.8 Å². The molecule has 0 spiro atoms. The molecule has 2 aromatic rings. The van der Waals surface area contributed by atoms with Gasteiger partial charge in [-0.3, -0.25) is 10.1 Å². The molecule has 6 nitrogen and oxygen atoms in total. The predicted octanol–water partition coefficient (Wildman–Crippen LogP) is 2.44. The minimum absolute atomic E-state index is 0.163. The molecule has 0 saturated carbocycles. The lowest BCUT2D eigenvalue weighted by atomic mass is 10.1. The standard InChI is InChI=1S/C17H18F5N5OS/c18-16(19)7-12(23-8-16)15(28)27-3-1-26(2-4-27)13-11-5-10(6-17(20,21)22)29-14(11)25-9-24-13/h5,9,12,23H,1-4,6-8H2/t12-/m0/s1. The van der Waals surface area contributed by atoms with Gasteiger partial charge in [0.25, 0.3) is 5.92 Å². The number of carbonyl (C=O) groups is 1. The average molecular weight is 435 g/mol. The average Bonchev–Trinajstić information content (AvgIpc) is 3.21. The van der Waals surface area contributed by atoms with Gasteiger partial charge in [0.1, 0.15) is 17.0 Å². The quantitative estimate of drug-likeness (QED) is 0.751. The molecule has 1 amide bonds. The van der Waals surface area contributed by atoms with Gasteiger partial charge in [-0.25, -0.2) is 18.7 Å². The molecule has 2 aliphatic rings. The summed E-state index contributed by atoms with van der Waals surface area (Å²) in [5, 5.41) is 3.12.